The molecule has 1 aromatic heterocycles. The van der Waals surface area contributed by atoms with Gasteiger partial charge >= 0.3 is 0 Å². The molecule has 0 saturated carbocycles. The van der Waals surface area contributed by atoms with Crippen molar-refractivity contribution in [3.8, 4) is 0 Å². The molecule has 0 fully saturated rings. The minimum Gasteiger partial charge on any atom is -0.352 e. The van der Waals surface area contributed by atoms with Crippen LogP contribution in [0.5, 0.6) is 0 Å². The van der Waals surface area contributed by atoms with Crippen LogP contribution in [0.3, 0.4) is 0 Å². The fourth-order valence-corrected chi connectivity index (χ4v) is 2.68. The third-order valence-corrected chi connectivity index (χ3v) is 4.20. The fraction of sp³-hybridized carbons (Fsp3) is 0.278. The van der Waals surface area contributed by atoms with Crippen molar-refractivity contribution in [2.75, 3.05) is 16.8 Å². The molecule has 1 aromatic carbocycles. The Morgan fingerprint density at radius 2 is 1.96 bits per heavy atom. The predicted octanol–water partition coefficient (Wildman–Crippen LogP) is 3.09. The molecule has 0 saturated heterocycles. The number of aromatic nitrogens is 1. The summed E-state index contributed by atoms with van der Waals surface area (Å²) in [4.78, 5) is 27.9. The molecule has 0 aliphatic heterocycles. The second-order valence-corrected chi connectivity index (χ2v) is 6.51. The van der Waals surface area contributed by atoms with Crippen LogP contribution in [0.2, 0.25) is 0 Å². The molecule has 0 bridgehead atoms. The predicted molar refractivity (Wildman–Crippen MR) is 98.1 cm³/mol. The summed E-state index contributed by atoms with van der Waals surface area (Å²) in [6.07, 6.45) is 3.76. The Kier molecular flexibility index (Phi) is 7.29. The summed E-state index contributed by atoms with van der Waals surface area (Å²) in [6.45, 7) is 2.50. The number of nitrogens with one attached hydrogen (secondary N) is 2. The van der Waals surface area contributed by atoms with Crippen LogP contribution < -0.4 is 10.6 Å². The summed E-state index contributed by atoms with van der Waals surface area (Å²) < 4.78 is 0. The third kappa shape index (κ3) is 6.04. The number of nitrogens with zero attached hydrogens (tertiary/aromatic N) is 1. The average molecular weight is 343 g/mol. The van der Waals surface area contributed by atoms with Gasteiger partial charge in [-0.2, -0.15) is 11.8 Å². The first-order valence-electron chi connectivity index (χ1n) is 7.84. The Labute approximate surface area is 146 Å². The number of thioether (sulfide) groups is 1. The summed E-state index contributed by atoms with van der Waals surface area (Å²) in [5.41, 5.74) is 2.15. The van der Waals surface area contributed by atoms with E-state index in [-0.39, 0.29) is 11.8 Å². The zero-order valence-electron chi connectivity index (χ0n) is 13.6. The fourth-order valence-electron chi connectivity index (χ4n) is 2.06. The molecule has 126 valence electrons. The number of anilines is 1. The lowest BCUT2D eigenvalue weighted by Gasteiger charge is -2.08. The Hall–Kier alpha value is -2.34. The Morgan fingerprint density at radius 3 is 2.71 bits per heavy atom. The molecule has 5 nitrogen and oxygen atoms in total. The van der Waals surface area contributed by atoms with Crippen LogP contribution in [0, 0.1) is 0 Å². The van der Waals surface area contributed by atoms with Crippen LogP contribution in [-0.2, 0) is 11.3 Å². The molecule has 6 heteroatoms. The molecule has 24 heavy (non-hydrogen) atoms. The van der Waals surface area contributed by atoms with Crippen LogP contribution in [0.15, 0.2) is 48.8 Å². The highest BCUT2D eigenvalue weighted by molar-refractivity contribution is 7.99. The van der Waals surface area contributed by atoms with E-state index in [2.05, 4.69) is 22.5 Å². The van der Waals surface area contributed by atoms with Gasteiger partial charge in [0, 0.05) is 42.4 Å². The molecule has 2 aromatic rings. The van der Waals surface area contributed by atoms with E-state index in [4.69, 9.17) is 0 Å². The Bertz CT molecular complexity index is 677. The topological polar surface area (TPSA) is 71.1 Å². The number of amides is 2. The van der Waals surface area contributed by atoms with Gasteiger partial charge in [-0.05, 0) is 35.6 Å². The molecule has 1 heterocycles. The van der Waals surface area contributed by atoms with Crippen molar-refractivity contribution < 1.29 is 9.59 Å². The van der Waals surface area contributed by atoms with Gasteiger partial charge in [-0.3, -0.25) is 14.6 Å². The molecule has 2 rings (SSSR count). The Balaban J connectivity index is 1.89. The van der Waals surface area contributed by atoms with Crippen molar-refractivity contribution in [1.82, 2.24) is 10.3 Å². The lowest BCUT2D eigenvalue weighted by atomic mass is 10.1. The lowest BCUT2D eigenvalue weighted by Crippen LogP contribution is -2.23. The van der Waals surface area contributed by atoms with Crippen LogP contribution in [0.25, 0.3) is 0 Å². The van der Waals surface area contributed by atoms with E-state index >= 15 is 0 Å². The monoisotopic (exact) mass is 343 g/mol. The minimum absolute atomic E-state index is 0.0302. The van der Waals surface area contributed by atoms with Crippen molar-refractivity contribution in [2.24, 2.45) is 0 Å². The molecule has 0 unspecified atom stereocenters. The normalized spacial score (nSPS) is 10.2. The van der Waals surface area contributed by atoms with E-state index in [1.54, 1.807) is 48.4 Å². The maximum atomic E-state index is 12.3. The van der Waals surface area contributed by atoms with Gasteiger partial charge < -0.3 is 10.6 Å². The third-order valence-electron chi connectivity index (χ3n) is 3.29. The smallest absolute Gasteiger partial charge is 0.255 e. The van der Waals surface area contributed by atoms with Gasteiger partial charge in [0.05, 0.1) is 0 Å². The summed E-state index contributed by atoms with van der Waals surface area (Å²) in [7, 11) is 0. The number of carbonyl (C=O) groups excluding carboxylic acids is 2. The maximum absolute atomic E-state index is 12.3. The number of hydrogen-bond acceptors (Lipinski definition) is 4. The van der Waals surface area contributed by atoms with Gasteiger partial charge in [-0.25, -0.2) is 0 Å². The van der Waals surface area contributed by atoms with Gasteiger partial charge in [0.1, 0.15) is 0 Å². The van der Waals surface area contributed by atoms with Crippen LogP contribution in [-0.4, -0.2) is 28.3 Å². The standard InChI is InChI=1S/C18H21N3O2S/c1-2-24-11-8-17(22)20-13-14-4-3-5-15(12-14)18(23)21-16-6-9-19-10-7-16/h3-7,9-10,12H,2,8,11,13H2,1H3,(H,20,22)(H,19,21,23). The van der Waals surface area contributed by atoms with Crippen molar-refractivity contribution >= 4 is 29.3 Å². The molecule has 2 amide bonds. The second kappa shape index (κ2) is 9.72. The Morgan fingerprint density at radius 1 is 1.17 bits per heavy atom. The van der Waals surface area contributed by atoms with Gasteiger partial charge in [-0.1, -0.05) is 19.1 Å². The van der Waals surface area contributed by atoms with E-state index in [0.29, 0.717) is 24.2 Å². The van der Waals surface area contributed by atoms with Crippen LogP contribution >= 0.6 is 11.8 Å². The van der Waals surface area contributed by atoms with Gasteiger partial charge in [0.25, 0.3) is 5.91 Å². The van der Waals surface area contributed by atoms with E-state index in [9.17, 15) is 9.59 Å². The van der Waals surface area contributed by atoms with Crippen molar-refractivity contribution in [3.63, 3.8) is 0 Å². The van der Waals surface area contributed by atoms with Crippen LogP contribution in [0.1, 0.15) is 29.3 Å². The van der Waals surface area contributed by atoms with Crippen molar-refractivity contribution in [2.45, 2.75) is 19.9 Å². The van der Waals surface area contributed by atoms with E-state index in [0.717, 1.165) is 17.1 Å². The zero-order chi connectivity index (χ0) is 17.2. The van der Waals surface area contributed by atoms with Gasteiger partial charge in [-0.15, -0.1) is 0 Å². The molecular formula is C18H21N3O2S. The van der Waals surface area contributed by atoms with Crippen LogP contribution in [0.4, 0.5) is 5.69 Å². The van der Waals surface area contributed by atoms with E-state index in [1.807, 2.05) is 12.1 Å². The largest absolute Gasteiger partial charge is 0.352 e. The second-order valence-electron chi connectivity index (χ2n) is 5.11. The molecule has 0 aliphatic rings. The number of hydrogen-bond donors (Lipinski definition) is 2. The lowest BCUT2D eigenvalue weighted by molar-refractivity contribution is -0.120. The number of carbonyl (C=O) groups is 2. The average Bonchev–Trinajstić information content (AvgIpc) is 2.61. The van der Waals surface area contributed by atoms with Gasteiger partial charge in [0.2, 0.25) is 5.91 Å². The molecular weight excluding hydrogens is 322 g/mol. The number of rotatable bonds is 8. The van der Waals surface area contributed by atoms with E-state index < -0.39 is 0 Å². The minimum atomic E-state index is -0.186. The zero-order valence-corrected chi connectivity index (χ0v) is 14.4. The number of pyridine rings is 1. The summed E-state index contributed by atoms with van der Waals surface area (Å²) in [5, 5.41) is 5.70. The number of benzene rings is 1. The maximum Gasteiger partial charge on any atom is 0.255 e. The van der Waals surface area contributed by atoms with E-state index in [1.165, 1.54) is 0 Å². The first-order valence-corrected chi connectivity index (χ1v) is 8.99. The highest BCUT2D eigenvalue weighted by Crippen LogP contribution is 2.10. The summed E-state index contributed by atoms with van der Waals surface area (Å²) >= 11 is 1.75. The SMILES string of the molecule is CCSCCC(=O)NCc1cccc(C(=O)Nc2ccncc2)c1. The molecule has 0 radical (unpaired) electrons. The quantitative estimate of drug-likeness (QED) is 0.723. The first kappa shape index (κ1) is 18.0. The highest BCUT2D eigenvalue weighted by atomic mass is 32.2. The molecule has 0 spiro atoms. The first-order chi connectivity index (χ1) is 11.7. The van der Waals surface area contributed by atoms with Crippen molar-refractivity contribution in [1.29, 1.82) is 0 Å². The van der Waals surface area contributed by atoms with Gasteiger partial charge in [0.15, 0.2) is 0 Å². The molecule has 2 N–H and O–H groups in total. The summed E-state index contributed by atoms with van der Waals surface area (Å²) in [6, 6.07) is 10.7. The molecule has 0 atom stereocenters. The summed E-state index contributed by atoms with van der Waals surface area (Å²) in [5.74, 6) is 1.69. The highest BCUT2D eigenvalue weighted by Gasteiger charge is 2.07. The van der Waals surface area contributed by atoms with Crippen molar-refractivity contribution in [3.05, 3.63) is 59.9 Å². The molecule has 0 aliphatic carbocycles.